The monoisotopic (exact) mass is 342 g/mol. The quantitative estimate of drug-likeness (QED) is 0.785. The Bertz CT molecular complexity index is 915. The van der Waals surface area contributed by atoms with Crippen molar-refractivity contribution in [2.24, 2.45) is 0 Å². The van der Waals surface area contributed by atoms with E-state index in [1.54, 1.807) is 29.2 Å². The number of amides is 1. The summed E-state index contributed by atoms with van der Waals surface area (Å²) in [6, 6.07) is 11.7. The lowest BCUT2D eigenvalue weighted by Gasteiger charge is -2.27. The average molecular weight is 342 g/mol. The summed E-state index contributed by atoms with van der Waals surface area (Å²) in [5.41, 5.74) is 1.52. The number of hydrogen-bond donors (Lipinski definition) is 1. The summed E-state index contributed by atoms with van der Waals surface area (Å²) < 4.78 is 32.1. The van der Waals surface area contributed by atoms with Crippen LogP contribution in [0.4, 0.5) is 14.5 Å². The predicted octanol–water partition coefficient (Wildman–Crippen LogP) is 3.88. The standard InChI is InChI=1S/C19H16F2N2O2/c20-13-3-5-15(6-4-13)23(16-7-8-25-11-16)19(24)18-9-12-1-2-14(21)10-17(12)22-18/h1-6,9-10,16,22H,7-8,11H2. The molecule has 4 nitrogen and oxygen atoms in total. The molecule has 1 unspecified atom stereocenters. The number of benzene rings is 2. The van der Waals surface area contributed by atoms with Crippen molar-refractivity contribution in [2.75, 3.05) is 18.1 Å². The molecule has 6 heteroatoms. The molecule has 1 aromatic heterocycles. The van der Waals surface area contributed by atoms with Crippen LogP contribution in [0.1, 0.15) is 16.9 Å². The summed E-state index contributed by atoms with van der Waals surface area (Å²) >= 11 is 0. The zero-order valence-electron chi connectivity index (χ0n) is 13.3. The van der Waals surface area contributed by atoms with E-state index in [0.29, 0.717) is 36.5 Å². The van der Waals surface area contributed by atoms with Crippen molar-refractivity contribution < 1.29 is 18.3 Å². The van der Waals surface area contributed by atoms with E-state index in [1.165, 1.54) is 24.3 Å². The number of hydrogen-bond acceptors (Lipinski definition) is 2. The van der Waals surface area contributed by atoms with Crippen molar-refractivity contribution in [2.45, 2.75) is 12.5 Å². The van der Waals surface area contributed by atoms with Crippen LogP contribution in [0.15, 0.2) is 48.5 Å². The van der Waals surface area contributed by atoms with E-state index < -0.39 is 0 Å². The number of fused-ring (bicyclic) bond motifs is 1. The Morgan fingerprint density at radius 3 is 2.56 bits per heavy atom. The maximum absolute atomic E-state index is 13.4. The molecule has 1 fully saturated rings. The fourth-order valence-electron chi connectivity index (χ4n) is 3.17. The van der Waals surface area contributed by atoms with Crippen LogP contribution in [0.3, 0.4) is 0 Å². The Hall–Kier alpha value is -2.73. The van der Waals surface area contributed by atoms with Crippen molar-refractivity contribution in [3.63, 3.8) is 0 Å². The molecule has 0 bridgehead atoms. The van der Waals surface area contributed by atoms with E-state index in [9.17, 15) is 13.6 Å². The lowest BCUT2D eigenvalue weighted by atomic mass is 10.1. The number of ether oxygens (including phenoxy) is 1. The zero-order valence-corrected chi connectivity index (χ0v) is 13.3. The van der Waals surface area contributed by atoms with Gasteiger partial charge in [0.25, 0.3) is 5.91 Å². The molecule has 1 aliphatic rings. The Balaban J connectivity index is 1.74. The first-order valence-corrected chi connectivity index (χ1v) is 8.07. The van der Waals surface area contributed by atoms with Gasteiger partial charge >= 0.3 is 0 Å². The van der Waals surface area contributed by atoms with Gasteiger partial charge in [-0.1, -0.05) is 0 Å². The second-order valence-corrected chi connectivity index (χ2v) is 6.08. The number of nitrogens with one attached hydrogen (secondary N) is 1. The third kappa shape index (κ3) is 3.00. The highest BCUT2D eigenvalue weighted by atomic mass is 19.1. The highest BCUT2D eigenvalue weighted by molar-refractivity contribution is 6.07. The number of halogens is 2. The van der Waals surface area contributed by atoms with Crippen molar-refractivity contribution in [3.05, 3.63) is 65.9 Å². The molecule has 1 amide bonds. The first kappa shape index (κ1) is 15.8. The van der Waals surface area contributed by atoms with Crippen LogP contribution < -0.4 is 4.90 Å². The highest BCUT2D eigenvalue weighted by Crippen LogP contribution is 2.26. The number of aromatic nitrogens is 1. The number of aromatic amines is 1. The molecule has 1 atom stereocenters. The summed E-state index contributed by atoms with van der Waals surface area (Å²) in [7, 11) is 0. The van der Waals surface area contributed by atoms with Crippen molar-refractivity contribution in [3.8, 4) is 0 Å². The van der Waals surface area contributed by atoms with E-state index in [1.807, 2.05) is 0 Å². The minimum Gasteiger partial charge on any atom is -0.379 e. The Morgan fingerprint density at radius 2 is 1.84 bits per heavy atom. The van der Waals surface area contributed by atoms with Crippen molar-refractivity contribution in [1.29, 1.82) is 0 Å². The maximum Gasteiger partial charge on any atom is 0.275 e. The van der Waals surface area contributed by atoms with Gasteiger partial charge in [0.1, 0.15) is 17.3 Å². The third-order valence-corrected chi connectivity index (χ3v) is 4.41. The Morgan fingerprint density at radius 1 is 1.08 bits per heavy atom. The van der Waals surface area contributed by atoms with Crippen LogP contribution >= 0.6 is 0 Å². The second kappa shape index (κ2) is 6.29. The normalized spacial score (nSPS) is 17.1. The van der Waals surface area contributed by atoms with E-state index in [-0.39, 0.29) is 23.6 Å². The van der Waals surface area contributed by atoms with Crippen LogP contribution in [-0.4, -0.2) is 30.1 Å². The largest absolute Gasteiger partial charge is 0.379 e. The van der Waals surface area contributed by atoms with Gasteiger partial charge in [0, 0.05) is 23.2 Å². The molecule has 1 N–H and O–H groups in total. The van der Waals surface area contributed by atoms with Crippen molar-refractivity contribution in [1.82, 2.24) is 4.98 Å². The fourth-order valence-corrected chi connectivity index (χ4v) is 3.17. The molecule has 4 rings (SSSR count). The molecule has 1 aliphatic heterocycles. The molecule has 0 radical (unpaired) electrons. The highest BCUT2D eigenvalue weighted by Gasteiger charge is 2.30. The summed E-state index contributed by atoms with van der Waals surface area (Å²) in [6.07, 6.45) is 0.706. The van der Waals surface area contributed by atoms with Crippen LogP contribution in [0.5, 0.6) is 0 Å². The first-order valence-electron chi connectivity index (χ1n) is 8.07. The topological polar surface area (TPSA) is 45.3 Å². The fraction of sp³-hybridized carbons (Fsp3) is 0.211. The van der Waals surface area contributed by atoms with Gasteiger partial charge in [-0.2, -0.15) is 0 Å². The van der Waals surface area contributed by atoms with Gasteiger partial charge in [-0.05, 0) is 55.0 Å². The third-order valence-electron chi connectivity index (χ3n) is 4.41. The molecule has 25 heavy (non-hydrogen) atoms. The van der Waals surface area contributed by atoms with Crippen LogP contribution in [-0.2, 0) is 4.74 Å². The lowest BCUT2D eigenvalue weighted by Crippen LogP contribution is -2.41. The van der Waals surface area contributed by atoms with Gasteiger partial charge in [-0.3, -0.25) is 4.79 Å². The number of carbonyl (C=O) groups excluding carboxylic acids is 1. The molecule has 0 aliphatic carbocycles. The van der Waals surface area contributed by atoms with Crippen molar-refractivity contribution >= 4 is 22.5 Å². The summed E-state index contributed by atoms with van der Waals surface area (Å²) in [5.74, 6) is -0.980. The van der Waals surface area contributed by atoms with Gasteiger partial charge in [-0.15, -0.1) is 0 Å². The summed E-state index contributed by atoms with van der Waals surface area (Å²) in [5, 5.41) is 0.756. The van der Waals surface area contributed by atoms with Gasteiger partial charge < -0.3 is 14.6 Å². The summed E-state index contributed by atoms with van der Waals surface area (Å²) in [4.78, 5) is 17.7. The molecule has 2 heterocycles. The van der Waals surface area contributed by atoms with E-state index in [4.69, 9.17) is 4.74 Å². The molecule has 2 aromatic carbocycles. The lowest BCUT2D eigenvalue weighted by molar-refractivity contribution is 0.0967. The molecular weight excluding hydrogens is 326 g/mol. The molecule has 0 saturated carbocycles. The van der Waals surface area contributed by atoms with Crippen LogP contribution in [0.2, 0.25) is 0 Å². The molecule has 1 saturated heterocycles. The molecule has 3 aromatic rings. The molecule has 0 spiro atoms. The van der Waals surface area contributed by atoms with E-state index in [2.05, 4.69) is 4.98 Å². The summed E-state index contributed by atoms with van der Waals surface area (Å²) in [6.45, 7) is 1.01. The first-order chi connectivity index (χ1) is 12.1. The minimum absolute atomic E-state index is 0.124. The number of carbonyl (C=O) groups is 1. The second-order valence-electron chi connectivity index (χ2n) is 6.08. The molecular formula is C19H16F2N2O2. The van der Waals surface area contributed by atoms with E-state index >= 15 is 0 Å². The number of rotatable bonds is 3. The Labute approximate surface area is 143 Å². The Kier molecular flexibility index (Phi) is 3.97. The smallest absolute Gasteiger partial charge is 0.275 e. The van der Waals surface area contributed by atoms with Gasteiger partial charge in [-0.25, -0.2) is 8.78 Å². The average Bonchev–Trinajstić information content (AvgIpc) is 3.26. The number of nitrogens with zero attached hydrogens (tertiary/aromatic N) is 1. The zero-order chi connectivity index (χ0) is 17.4. The molecule has 128 valence electrons. The van der Waals surface area contributed by atoms with Crippen LogP contribution in [0.25, 0.3) is 10.9 Å². The SMILES string of the molecule is O=C(c1cc2ccc(F)cc2[nH]1)N(c1ccc(F)cc1)C1CCOC1. The van der Waals surface area contributed by atoms with E-state index in [0.717, 1.165) is 5.39 Å². The van der Waals surface area contributed by atoms with Gasteiger partial charge in [0.05, 0.1) is 12.6 Å². The number of H-pyrrole nitrogens is 1. The van der Waals surface area contributed by atoms with Crippen LogP contribution in [0, 0.1) is 11.6 Å². The van der Waals surface area contributed by atoms with Gasteiger partial charge in [0.2, 0.25) is 0 Å². The number of anilines is 1. The maximum atomic E-state index is 13.4. The predicted molar refractivity (Wildman–Crippen MR) is 90.7 cm³/mol. The van der Waals surface area contributed by atoms with Gasteiger partial charge in [0.15, 0.2) is 0 Å². The minimum atomic E-state index is -0.368.